The molecule has 172 valence electrons. The molecule has 2 atom stereocenters. The van der Waals surface area contributed by atoms with Crippen LogP contribution in [0, 0.1) is 0 Å². The number of H-pyrrole nitrogens is 1. The van der Waals surface area contributed by atoms with Crippen molar-refractivity contribution in [3.8, 4) is 22.8 Å². The molecule has 2 unspecified atom stereocenters. The number of carbonyl (C=O) groups excluding carboxylic acids is 3. The topological polar surface area (TPSA) is 139 Å². The summed E-state index contributed by atoms with van der Waals surface area (Å²) in [5.74, 6) is 0.334. The number of amides is 4. The van der Waals surface area contributed by atoms with Crippen molar-refractivity contribution in [3.05, 3.63) is 59.5 Å². The minimum atomic E-state index is -1.46. The van der Waals surface area contributed by atoms with Crippen LogP contribution in [0.4, 0.5) is 4.79 Å². The largest absolute Gasteiger partial charge is 0.497 e. The Kier molecular flexibility index (Phi) is 4.34. The van der Waals surface area contributed by atoms with Crippen molar-refractivity contribution in [1.82, 2.24) is 30.7 Å². The van der Waals surface area contributed by atoms with Crippen LogP contribution in [0.5, 0.6) is 11.5 Å². The van der Waals surface area contributed by atoms with Gasteiger partial charge in [0.25, 0.3) is 11.8 Å². The van der Waals surface area contributed by atoms with Crippen molar-refractivity contribution in [3.63, 3.8) is 0 Å². The van der Waals surface area contributed by atoms with Crippen LogP contribution in [0.2, 0.25) is 0 Å². The number of urea groups is 1. The summed E-state index contributed by atoms with van der Waals surface area (Å²) in [5.41, 5.74) is 2.08. The number of aromatic nitrogens is 3. The number of methoxy groups -OCH3 is 1. The summed E-state index contributed by atoms with van der Waals surface area (Å²) in [5, 5.41) is 11.8. The Morgan fingerprint density at radius 3 is 2.85 bits per heavy atom. The molecule has 11 heteroatoms. The summed E-state index contributed by atoms with van der Waals surface area (Å²) in [6.45, 7) is 0.263. The van der Waals surface area contributed by atoms with E-state index < -0.39 is 23.6 Å². The molecule has 0 bridgehead atoms. The smallest absolute Gasteiger partial charge is 0.322 e. The van der Waals surface area contributed by atoms with Crippen LogP contribution in [0.3, 0.4) is 0 Å². The van der Waals surface area contributed by atoms with E-state index in [4.69, 9.17) is 9.47 Å². The zero-order valence-corrected chi connectivity index (χ0v) is 18.1. The van der Waals surface area contributed by atoms with Crippen LogP contribution in [-0.4, -0.2) is 63.2 Å². The lowest BCUT2D eigenvalue weighted by Crippen LogP contribution is -2.64. The van der Waals surface area contributed by atoms with Gasteiger partial charge in [0.05, 0.1) is 31.2 Å². The van der Waals surface area contributed by atoms with Gasteiger partial charge in [0.2, 0.25) is 0 Å². The Morgan fingerprint density at radius 1 is 1.24 bits per heavy atom. The van der Waals surface area contributed by atoms with Crippen LogP contribution in [0.1, 0.15) is 21.6 Å². The van der Waals surface area contributed by atoms with E-state index >= 15 is 0 Å². The Balaban J connectivity index is 1.30. The van der Waals surface area contributed by atoms with E-state index in [-0.39, 0.29) is 18.9 Å². The van der Waals surface area contributed by atoms with E-state index in [1.165, 1.54) is 7.11 Å². The van der Waals surface area contributed by atoms with Gasteiger partial charge >= 0.3 is 6.03 Å². The molecule has 3 aliphatic rings. The van der Waals surface area contributed by atoms with Gasteiger partial charge < -0.3 is 19.7 Å². The molecule has 3 N–H and O–H groups in total. The van der Waals surface area contributed by atoms with Crippen molar-refractivity contribution in [2.24, 2.45) is 0 Å². The number of rotatable bonds is 5. The van der Waals surface area contributed by atoms with Crippen molar-refractivity contribution in [2.45, 2.75) is 24.6 Å². The van der Waals surface area contributed by atoms with Crippen LogP contribution in [-0.2, 0) is 17.8 Å². The molecule has 0 aliphatic carbocycles. The van der Waals surface area contributed by atoms with Gasteiger partial charge in [0.1, 0.15) is 17.6 Å². The number of aromatic amines is 1. The van der Waals surface area contributed by atoms with Gasteiger partial charge in [-0.25, -0.2) is 9.78 Å². The average Bonchev–Trinajstić information content (AvgIpc) is 3.61. The number of nitrogens with one attached hydrogen (secondary N) is 3. The molecule has 2 aromatic heterocycles. The first-order valence-electron chi connectivity index (χ1n) is 10.7. The predicted octanol–water partition coefficient (Wildman–Crippen LogP) is 1.02. The zero-order chi connectivity index (χ0) is 23.4. The summed E-state index contributed by atoms with van der Waals surface area (Å²) in [7, 11) is 1.54. The fourth-order valence-electron chi connectivity index (χ4n) is 4.78. The second-order valence-corrected chi connectivity index (χ2v) is 8.50. The summed E-state index contributed by atoms with van der Waals surface area (Å²) in [6.07, 6.45) is 2.95. The Morgan fingerprint density at radius 2 is 2.12 bits per heavy atom. The second kappa shape index (κ2) is 7.30. The number of carbonyl (C=O) groups is 3. The number of benzene rings is 1. The predicted molar refractivity (Wildman–Crippen MR) is 117 cm³/mol. The highest BCUT2D eigenvalue weighted by Gasteiger charge is 2.57. The molecule has 34 heavy (non-hydrogen) atoms. The third-order valence-corrected chi connectivity index (χ3v) is 6.53. The third-order valence-electron chi connectivity index (χ3n) is 6.53. The number of fused-ring (bicyclic) bond motifs is 2. The van der Waals surface area contributed by atoms with Crippen molar-refractivity contribution in [2.75, 3.05) is 13.7 Å². The highest BCUT2D eigenvalue weighted by molar-refractivity contribution is 6.08. The lowest BCUT2D eigenvalue weighted by molar-refractivity contribution is -0.127. The van der Waals surface area contributed by atoms with Gasteiger partial charge in [0, 0.05) is 30.3 Å². The molecule has 0 radical (unpaired) electrons. The lowest BCUT2D eigenvalue weighted by Gasteiger charge is -2.34. The number of pyridine rings is 1. The van der Waals surface area contributed by atoms with Crippen molar-refractivity contribution >= 4 is 17.8 Å². The number of ether oxygens (including phenoxy) is 2. The number of nitrogens with zero attached hydrogens (tertiary/aromatic N) is 3. The van der Waals surface area contributed by atoms with Crippen molar-refractivity contribution < 1.29 is 23.9 Å². The first kappa shape index (κ1) is 20.2. The van der Waals surface area contributed by atoms with Crippen LogP contribution >= 0.6 is 0 Å². The van der Waals surface area contributed by atoms with Crippen LogP contribution in [0.15, 0.2) is 42.7 Å². The van der Waals surface area contributed by atoms with Gasteiger partial charge in [-0.15, -0.1) is 0 Å². The summed E-state index contributed by atoms with van der Waals surface area (Å²) < 4.78 is 11.4. The Labute approximate surface area is 193 Å². The molecule has 4 amide bonds. The Bertz CT molecular complexity index is 1340. The molecule has 3 aliphatic heterocycles. The maximum Gasteiger partial charge on any atom is 0.322 e. The quantitative estimate of drug-likeness (QED) is 0.483. The highest BCUT2D eigenvalue weighted by atomic mass is 16.5. The van der Waals surface area contributed by atoms with E-state index in [0.29, 0.717) is 35.0 Å². The van der Waals surface area contributed by atoms with Gasteiger partial charge in [-0.3, -0.25) is 20.0 Å². The van der Waals surface area contributed by atoms with Crippen molar-refractivity contribution in [1.29, 1.82) is 0 Å². The highest BCUT2D eigenvalue weighted by Crippen LogP contribution is 2.37. The molecule has 1 fully saturated rings. The van der Waals surface area contributed by atoms with E-state index in [1.54, 1.807) is 41.6 Å². The third kappa shape index (κ3) is 3.00. The molecule has 0 saturated carbocycles. The molecule has 0 spiro atoms. The van der Waals surface area contributed by atoms with E-state index in [0.717, 1.165) is 11.1 Å². The minimum absolute atomic E-state index is 0.0480. The first-order chi connectivity index (χ1) is 16.5. The fourth-order valence-corrected chi connectivity index (χ4v) is 4.78. The zero-order valence-electron chi connectivity index (χ0n) is 18.1. The SMILES string of the molecule is COc1ccc2c(c1)C(=O)N(CC1(C3Cc4nc(-c5cn[nH]c5)ccc4O3)NC(=O)NC1=O)C2. The van der Waals surface area contributed by atoms with Gasteiger partial charge in [-0.05, 0) is 29.8 Å². The second-order valence-electron chi connectivity index (χ2n) is 8.50. The van der Waals surface area contributed by atoms with Crippen LogP contribution < -0.4 is 20.1 Å². The van der Waals surface area contributed by atoms with Gasteiger partial charge in [0.15, 0.2) is 5.54 Å². The summed E-state index contributed by atoms with van der Waals surface area (Å²) >= 11 is 0. The molecule has 1 aromatic carbocycles. The fraction of sp³-hybridized carbons (Fsp3) is 0.261. The minimum Gasteiger partial charge on any atom is -0.497 e. The maximum absolute atomic E-state index is 13.2. The number of hydrogen-bond donors (Lipinski definition) is 3. The molecular weight excluding hydrogens is 440 g/mol. The van der Waals surface area contributed by atoms with Crippen LogP contribution in [0.25, 0.3) is 11.3 Å². The normalized spacial score (nSPS) is 22.8. The molecule has 11 nitrogen and oxygen atoms in total. The maximum atomic E-state index is 13.2. The van der Waals surface area contributed by atoms with Gasteiger partial charge in [-0.1, -0.05) is 6.07 Å². The summed E-state index contributed by atoms with van der Waals surface area (Å²) in [4.78, 5) is 44.7. The van der Waals surface area contributed by atoms with E-state index in [1.807, 2.05) is 6.07 Å². The lowest BCUT2D eigenvalue weighted by atomic mass is 9.89. The number of hydrogen-bond acceptors (Lipinski definition) is 7. The average molecular weight is 460 g/mol. The molecule has 5 heterocycles. The van der Waals surface area contributed by atoms with E-state index in [9.17, 15) is 14.4 Å². The van der Waals surface area contributed by atoms with E-state index in [2.05, 4.69) is 25.8 Å². The van der Waals surface area contributed by atoms with Gasteiger partial charge in [-0.2, -0.15) is 5.10 Å². The summed E-state index contributed by atoms with van der Waals surface area (Å²) in [6, 6.07) is 8.27. The number of imide groups is 1. The first-order valence-corrected chi connectivity index (χ1v) is 10.7. The Hall–Kier alpha value is -4.41. The molecular formula is C23H20N6O5. The standard InChI is InChI=1S/C23H20N6O5/c1-33-14-3-2-12-10-29(20(30)15(12)6-14)11-23(21(31)27-22(32)28-23)19-7-17-18(34-19)5-4-16(26-17)13-8-24-25-9-13/h2-6,8-9,19H,7,10-11H2,1H3,(H,24,25)(H2,27,28,31,32). The monoisotopic (exact) mass is 460 g/mol. The molecule has 3 aromatic rings. The molecule has 6 rings (SSSR count). The molecule has 1 saturated heterocycles.